The number of alkyl halides is 3. The predicted molar refractivity (Wildman–Crippen MR) is 129 cm³/mol. The number of ether oxygens (including phenoxy) is 1. The average molecular weight is 540 g/mol. The van der Waals surface area contributed by atoms with Crippen LogP contribution in [0.4, 0.5) is 24.7 Å². The maximum Gasteiger partial charge on any atom is 0.410 e. The van der Waals surface area contributed by atoms with Crippen LogP contribution >= 0.6 is 11.6 Å². The molecule has 3 atom stereocenters. The summed E-state index contributed by atoms with van der Waals surface area (Å²) in [5.41, 5.74) is 0.498. The van der Waals surface area contributed by atoms with E-state index < -0.39 is 24.2 Å². The number of benzene rings is 1. The Labute approximate surface area is 215 Å². The number of amides is 2. The lowest BCUT2D eigenvalue weighted by Crippen LogP contribution is -2.37. The molecule has 14 heteroatoms. The number of rotatable bonds is 8. The van der Waals surface area contributed by atoms with Crippen LogP contribution in [0.5, 0.6) is 0 Å². The number of fused-ring (bicyclic) bond motifs is 1. The van der Waals surface area contributed by atoms with Crippen LogP contribution in [0, 0.1) is 0 Å². The van der Waals surface area contributed by atoms with E-state index in [-0.39, 0.29) is 47.1 Å². The van der Waals surface area contributed by atoms with Crippen molar-refractivity contribution in [2.24, 2.45) is 0 Å². The molecule has 3 aromatic rings. The quantitative estimate of drug-likeness (QED) is 0.401. The number of hydrogen-bond acceptors (Lipinski definition) is 6. The molecular weight excluding hydrogens is 515 g/mol. The fourth-order valence-electron chi connectivity index (χ4n) is 4.10. The third-order valence-corrected chi connectivity index (χ3v) is 6.09. The van der Waals surface area contributed by atoms with E-state index in [1.165, 1.54) is 24.2 Å². The summed E-state index contributed by atoms with van der Waals surface area (Å²) in [5, 5.41) is 15.9. The predicted octanol–water partition coefficient (Wildman–Crippen LogP) is 3.80. The lowest BCUT2D eigenvalue weighted by atomic mass is 9.97. The number of nitrogens with zero attached hydrogens (tertiary/aromatic N) is 4. The highest BCUT2D eigenvalue weighted by Gasteiger charge is 2.47. The standard InChI is InChI=1S/C23H25ClF3N7O3/c1-13(12-37-2)29-18(35)11-33-10-15(9-28-33)30-22(36)20-19(24)21-31-16(14-6-4-3-5-7-14)8-17(23(25,26)27)34(21)32-20/h3-7,9-10,13,16-17,31H,8,11-12H2,1-2H3,(H,29,35)(H,30,36). The summed E-state index contributed by atoms with van der Waals surface area (Å²) in [4.78, 5) is 25.0. The van der Waals surface area contributed by atoms with Gasteiger partial charge in [-0.25, -0.2) is 4.68 Å². The van der Waals surface area contributed by atoms with Gasteiger partial charge in [-0.2, -0.15) is 23.4 Å². The smallest absolute Gasteiger partial charge is 0.383 e. The maximum atomic E-state index is 13.9. The van der Waals surface area contributed by atoms with Crippen LogP contribution in [-0.4, -0.2) is 57.3 Å². The summed E-state index contributed by atoms with van der Waals surface area (Å²) in [6.45, 7) is 2.02. The zero-order valence-electron chi connectivity index (χ0n) is 19.9. The molecule has 10 nitrogen and oxygen atoms in total. The van der Waals surface area contributed by atoms with Gasteiger partial charge in [0.05, 0.1) is 24.5 Å². The van der Waals surface area contributed by atoms with Crippen LogP contribution in [0.1, 0.15) is 41.5 Å². The van der Waals surface area contributed by atoms with Crippen molar-refractivity contribution >= 4 is 34.9 Å². The first kappa shape index (κ1) is 26.5. The normalized spacial score (nSPS) is 18.0. The molecule has 0 aliphatic carbocycles. The molecule has 2 aromatic heterocycles. The second-order valence-electron chi connectivity index (χ2n) is 8.66. The lowest BCUT2D eigenvalue weighted by molar-refractivity contribution is -0.173. The number of carbonyl (C=O) groups excluding carboxylic acids is 2. The third-order valence-electron chi connectivity index (χ3n) is 5.73. The number of aromatic nitrogens is 4. The van der Waals surface area contributed by atoms with Gasteiger partial charge < -0.3 is 20.7 Å². The molecule has 0 radical (unpaired) electrons. The highest BCUT2D eigenvalue weighted by molar-refractivity contribution is 6.36. The first-order valence-corrected chi connectivity index (χ1v) is 11.7. The second-order valence-corrected chi connectivity index (χ2v) is 9.04. The van der Waals surface area contributed by atoms with Crippen LogP contribution in [0.3, 0.4) is 0 Å². The SMILES string of the molecule is COCC(C)NC(=O)Cn1cc(NC(=O)c2nn3c(c2Cl)NC(c2ccccc2)CC3C(F)(F)F)cn1. The summed E-state index contributed by atoms with van der Waals surface area (Å²) in [6, 6.07) is 5.81. The number of halogens is 4. The number of methoxy groups -OCH3 is 1. The first-order chi connectivity index (χ1) is 17.6. The molecule has 0 spiro atoms. The van der Waals surface area contributed by atoms with Gasteiger partial charge in [0.15, 0.2) is 11.7 Å². The summed E-state index contributed by atoms with van der Waals surface area (Å²) in [6.07, 6.45) is -2.23. The minimum atomic E-state index is -4.62. The Balaban J connectivity index is 1.51. The molecule has 37 heavy (non-hydrogen) atoms. The van der Waals surface area contributed by atoms with Crippen molar-refractivity contribution in [3.8, 4) is 0 Å². The molecule has 0 saturated carbocycles. The van der Waals surface area contributed by atoms with Crippen molar-refractivity contribution in [2.75, 3.05) is 24.4 Å². The molecule has 3 N–H and O–H groups in total. The van der Waals surface area contributed by atoms with E-state index in [0.29, 0.717) is 16.9 Å². The Morgan fingerprint density at radius 2 is 2.03 bits per heavy atom. The van der Waals surface area contributed by atoms with E-state index >= 15 is 0 Å². The largest absolute Gasteiger partial charge is 0.410 e. The van der Waals surface area contributed by atoms with Gasteiger partial charge in [-0.05, 0) is 12.5 Å². The summed E-state index contributed by atoms with van der Waals surface area (Å²) >= 11 is 6.36. The number of anilines is 2. The van der Waals surface area contributed by atoms with Gasteiger partial charge in [-0.1, -0.05) is 41.9 Å². The van der Waals surface area contributed by atoms with Crippen molar-refractivity contribution in [2.45, 2.75) is 44.2 Å². The van der Waals surface area contributed by atoms with E-state index in [2.05, 4.69) is 26.1 Å². The fourth-order valence-corrected chi connectivity index (χ4v) is 4.37. The molecule has 0 bridgehead atoms. The van der Waals surface area contributed by atoms with Gasteiger partial charge >= 0.3 is 6.18 Å². The van der Waals surface area contributed by atoms with E-state index in [0.717, 1.165) is 0 Å². The number of carbonyl (C=O) groups is 2. The minimum absolute atomic E-state index is 0.0909. The van der Waals surface area contributed by atoms with Crippen LogP contribution < -0.4 is 16.0 Å². The Kier molecular flexibility index (Phi) is 7.73. The van der Waals surface area contributed by atoms with Gasteiger partial charge in [0.2, 0.25) is 5.91 Å². The van der Waals surface area contributed by atoms with Crippen molar-refractivity contribution in [1.82, 2.24) is 24.9 Å². The Morgan fingerprint density at radius 1 is 1.30 bits per heavy atom. The molecule has 1 aromatic carbocycles. The van der Waals surface area contributed by atoms with E-state index in [1.54, 1.807) is 37.3 Å². The van der Waals surface area contributed by atoms with Gasteiger partial charge in [-0.15, -0.1) is 0 Å². The van der Waals surface area contributed by atoms with E-state index in [9.17, 15) is 22.8 Å². The topological polar surface area (TPSA) is 115 Å². The second kappa shape index (κ2) is 10.8. The number of nitrogens with one attached hydrogen (secondary N) is 3. The molecule has 3 unspecified atom stereocenters. The van der Waals surface area contributed by atoms with Crippen molar-refractivity contribution in [1.29, 1.82) is 0 Å². The molecular formula is C23H25ClF3N7O3. The Morgan fingerprint density at radius 3 is 2.70 bits per heavy atom. The monoisotopic (exact) mass is 539 g/mol. The Hall–Kier alpha value is -3.58. The van der Waals surface area contributed by atoms with Crippen molar-refractivity contribution in [3.05, 3.63) is 59.0 Å². The van der Waals surface area contributed by atoms with Crippen LogP contribution in [0.2, 0.25) is 5.02 Å². The molecule has 198 valence electrons. The number of hydrogen-bond donors (Lipinski definition) is 3. The zero-order valence-corrected chi connectivity index (χ0v) is 20.7. The van der Waals surface area contributed by atoms with Crippen molar-refractivity contribution < 1.29 is 27.5 Å². The van der Waals surface area contributed by atoms with Gasteiger partial charge in [0.1, 0.15) is 17.4 Å². The summed E-state index contributed by atoms with van der Waals surface area (Å²) in [5.74, 6) is -1.22. The van der Waals surface area contributed by atoms with Crippen LogP contribution in [-0.2, 0) is 16.1 Å². The van der Waals surface area contributed by atoms with Crippen LogP contribution in [0.15, 0.2) is 42.7 Å². The van der Waals surface area contributed by atoms with Crippen LogP contribution in [0.25, 0.3) is 0 Å². The molecule has 0 fully saturated rings. The third kappa shape index (κ3) is 6.05. The maximum absolute atomic E-state index is 13.9. The van der Waals surface area contributed by atoms with Crippen molar-refractivity contribution in [3.63, 3.8) is 0 Å². The molecule has 1 aliphatic rings. The van der Waals surface area contributed by atoms with Gasteiger partial charge in [0.25, 0.3) is 5.91 Å². The highest BCUT2D eigenvalue weighted by atomic mass is 35.5. The first-order valence-electron chi connectivity index (χ1n) is 11.3. The molecule has 1 aliphatic heterocycles. The molecule has 2 amide bonds. The molecule has 0 saturated heterocycles. The Bertz CT molecular complexity index is 1260. The average Bonchev–Trinajstić information content (AvgIpc) is 3.42. The minimum Gasteiger partial charge on any atom is -0.383 e. The molecule has 3 heterocycles. The summed E-state index contributed by atoms with van der Waals surface area (Å²) < 4.78 is 48.8. The zero-order chi connectivity index (χ0) is 26.7. The summed E-state index contributed by atoms with van der Waals surface area (Å²) in [7, 11) is 1.52. The van der Waals surface area contributed by atoms with Gasteiger partial charge in [-0.3, -0.25) is 14.3 Å². The van der Waals surface area contributed by atoms with Gasteiger partial charge in [0, 0.05) is 25.8 Å². The lowest BCUT2D eigenvalue weighted by Gasteiger charge is -2.33. The van der Waals surface area contributed by atoms with E-state index in [4.69, 9.17) is 16.3 Å². The molecule has 4 rings (SSSR count). The fraction of sp³-hybridized carbons (Fsp3) is 0.391. The van der Waals surface area contributed by atoms with E-state index in [1.807, 2.05) is 0 Å². The highest BCUT2D eigenvalue weighted by Crippen LogP contribution is 2.46.